The van der Waals surface area contributed by atoms with E-state index in [9.17, 15) is 29.7 Å². The Morgan fingerprint density at radius 3 is 2.46 bits per heavy atom. The van der Waals surface area contributed by atoms with Crippen LogP contribution in [0.5, 0.6) is 5.75 Å². The number of rotatable bonds is 5. The second kappa shape index (κ2) is 8.86. The van der Waals surface area contributed by atoms with Crippen LogP contribution in [-0.2, 0) is 27.4 Å². The molecule has 5 rings (SSSR count). The van der Waals surface area contributed by atoms with Crippen molar-refractivity contribution in [3.05, 3.63) is 87.9 Å². The molecule has 0 saturated heterocycles. The largest absolute Gasteiger partial charge is 0.508 e. The number of carbonyl (C=O) groups excluding carboxylic acids is 3. The number of aromatic hydroxyl groups is 1. The molecule has 0 aromatic heterocycles. The lowest BCUT2D eigenvalue weighted by molar-refractivity contribution is -0.149. The van der Waals surface area contributed by atoms with Gasteiger partial charge in [-0.2, -0.15) is 0 Å². The summed E-state index contributed by atoms with van der Waals surface area (Å²) in [6.07, 6.45) is 0.470. The molecule has 0 saturated carbocycles. The second-order valence-electron chi connectivity index (χ2n) is 10.0. The number of benzene rings is 2. The normalized spacial score (nSPS) is 27.1. The Balaban J connectivity index is 1.66. The fraction of sp³-hybridized carbons (Fsp3) is 0.321. The highest BCUT2D eigenvalue weighted by Gasteiger charge is 2.63. The van der Waals surface area contributed by atoms with Crippen molar-refractivity contribution >= 4 is 17.5 Å². The van der Waals surface area contributed by atoms with Gasteiger partial charge in [0.05, 0.1) is 11.6 Å². The molecular weight excluding hydrogens is 476 g/mol. The fourth-order valence-corrected chi connectivity index (χ4v) is 6.05. The Labute approximate surface area is 213 Å². The maximum absolute atomic E-state index is 13.8. The van der Waals surface area contributed by atoms with Crippen LogP contribution >= 0.6 is 0 Å². The fourth-order valence-electron chi connectivity index (χ4n) is 6.05. The summed E-state index contributed by atoms with van der Waals surface area (Å²) in [7, 11) is 3.42. The zero-order valence-corrected chi connectivity index (χ0v) is 20.5. The van der Waals surface area contributed by atoms with Crippen molar-refractivity contribution in [2.45, 2.75) is 31.1 Å². The van der Waals surface area contributed by atoms with Crippen LogP contribution in [0, 0.1) is 11.8 Å². The first-order valence-corrected chi connectivity index (χ1v) is 12.0. The number of hydrogen-bond acceptors (Lipinski definition) is 8. The van der Waals surface area contributed by atoms with Crippen molar-refractivity contribution in [2.24, 2.45) is 17.6 Å². The van der Waals surface area contributed by atoms with Crippen molar-refractivity contribution in [1.29, 1.82) is 0 Å². The third-order valence-electron chi connectivity index (χ3n) is 7.68. The molecule has 37 heavy (non-hydrogen) atoms. The zero-order valence-electron chi connectivity index (χ0n) is 20.5. The molecule has 2 aromatic carbocycles. The van der Waals surface area contributed by atoms with Gasteiger partial charge in [0.25, 0.3) is 5.91 Å². The maximum atomic E-state index is 13.8. The molecule has 3 aliphatic carbocycles. The van der Waals surface area contributed by atoms with Gasteiger partial charge < -0.3 is 25.8 Å². The molecule has 0 spiro atoms. The number of amides is 1. The van der Waals surface area contributed by atoms with Crippen LogP contribution in [0.4, 0.5) is 0 Å². The predicted octanol–water partition coefficient (Wildman–Crippen LogP) is 1.78. The molecule has 9 heteroatoms. The van der Waals surface area contributed by atoms with Crippen LogP contribution in [0.1, 0.15) is 27.9 Å². The van der Waals surface area contributed by atoms with E-state index in [4.69, 9.17) is 10.5 Å². The van der Waals surface area contributed by atoms with Crippen molar-refractivity contribution in [1.82, 2.24) is 4.90 Å². The zero-order chi connectivity index (χ0) is 26.6. The number of primary amides is 1. The van der Waals surface area contributed by atoms with E-state index in [0.717, 1.165) is 5.56 Å². The highest BCUT2D eigenvalue weighted by Crippen LogP contribution is 2.52. The van der Waals surface area contributed by atoms with Gasteiger partial charge in [-0.1, -0.05) is 42.5 Å². The van der Waals surface area contributed by atoms with E-state index in [1.54, 1.807) is 31.1 Å². The Hall–Kier alpha value is -3.95. The number of hydrogen-bond donors (Lipinski definition) is 4. The second-order valence-corrected chi connectivity index (χ2v) is 10.0. The maximum Gasteiger partial charge on any atom is 0.255 e. The number of aliphatic hydroxyl groups is 2. The summed E-state index contributed by atoms with van der Waals surface area (Å²) >= 11 is 0. The highest BCUT2D eigenvalue weighted by molar-refractivity contribution is 6.24. The summed E-state index contributed by atoms with van der Waals surface area (Å²) in [5.41, 5.74) is 3.83. The van der Waals surface area contributed by atoms with Crippen LogP contribution in [0.2, 0.25) is 0 Å². The monoisotopic (exact) mass is 504 g/mol. The minimum absolute atomic E-state index is 0.0254. The van der Waals surface area contributed by atoms with Gasteiger partial charge >= 0.3 is 0 Å². The van der Waals surface area contributed by atoms with Gasteiger partial charge in [0.15, 0.2) is 11.4 Å². The molecule has 5 N–H and O–H groups in total. The van der Waals surface area contributed by atoms with Crippen LogP contribution in [0.3, 0.4) is 0 Å². The summed E-state index contributed by atoms with van der Waals surface area (Å²) in [6, 6.07) is 13.1. The van der Waals surface area contributed by atoms with Gasteiger partial charge in [-0.05, 0) is 50.0 Å². The van der Waals surface area contributed by atoms with Crippen LogP contribution in [-0.4, -0.2) is 63.4 Å². The number of likely N-dealkylation sites (N-methyl/N-ethyl adjacent to an activating group) is 1. The number of phenols is 1. The Bertz CT molecular complexity index is 1380. The first-order valence-electron chi connectivity index (χ1n) is 12.0. The minimum atomic E-state index is -2.57. The average Bonchev–Trinajstić information content (AvgIpc) is 2.85. The van der Waals surface area contributed by atoms with E-state index in [1.807, 2.05) is 30.3 Å². The Kier molecular flexibility index (Phi) is 5.92. The smallest absolute Gasteiger partial charge is 0.255 e. The SMILES string of the molecule is CN(C)[C@@H]1C(OCc2ccccc2)=C(C(N)=O)C(=O)[C@@]2(O)C(O)=C3C(=O)c4c(O)cccc4C[C@H]3C[C@@H]12. The van der Waals surface area contributed by atoms with Gasteiger partial charge in [0.2, 0.25) is 5.78 Å². The van der Waals surface area contributed by atoms with Crippen LogP contribution < -0.4 is 5.73 Å². The Morgan fingerprint density at radius 1 is 1.11 bits per heavy atom. The molecule has 0 bridgehead atoms. The average molecular weight is 505 g/mol. The number of allylic oxidation sites excluding steroid dienone is 1. The summed E-state index contributed by atoms with van der Waals surface area (Å²) in [6.45, 7) is 0.0529. The van der Waals surface area contributed by atoms with Gasteiger partial charge in [-0.15, -0.1) is 0 Å². The van der Waals surface area contributed by atoms with Gasteiger partial charge in [0.1, 0.15) is 29.4 Å². The van der Waals surface area contributed by atoms with Crippen molar-refractivity contribution in [3.63, 3.8) is 0 Å². The summed E-state index contributed by atoms with van der Waals surface area (Å²) < 4.78 is 6.05. The molecule has 1 amide bonds. The molecule has 192 valence electrons. The molecule has 0 radical (unpaired) electrons. The number of carbonyl (C=O) groups is 3. The molecule has 3 aliphatic rings. The third-order valence-corrected chi connectivity index (χ3v) is 7.68. The number of fused-ring (bicyclic) bond motifs is 3. The molecular formula is C28H28N2O7. The molecule has 2 aromatic rings. The van der Waals surface area contributed by atoms with Crippen LogP contribution in [0.15, 0.2) is 71.2 Å². The quantitative estimate of drug-likeness (QED) is 0.450. The number of ketones is 2. The summed E-state index contributed by atoms with van der Waals surface area (Å²) in [4.78, 5) is 41.4. The number of nitrogens with two attached hydrogens (primary N) is 1. The summed E-state index contributed by atoms with van der Waals surface area (Å²) in [5.74, 6) is -5.35. The molecule has 9 nitrogen and oxygen atoms in total. The van der Waals surface area contributed by atoms with E-state index in [0.29, 0.717) is 12.0 Å². The first kappa shape index (κ1) is 24.7. The number of phenolic OH excluding ortho intramolecular Hbond substituents is 1. The molecule has 0 heterocycles. The highest BCUT2D eigenvalue weighted by atomic mass is 16.5. The van der Waals surface area contributed by atoms with E-state index in [-0.39, 0.29) is 35.7 Å². The van der Waals surface area contributed by atoms with E-state index in [2.05, 4.69) is 0 Å². The Morgan fingerprint density at radius 2 is 1.81 bits per heavy atom. The topological polar surface area (TPSA) is 150 Å². The number of ether oxygens (including phenoxy) is 1. The van der Waals surface area contributed by atoms with E-state index >= 15 is 0 Å². The lowest BCUT2D eigenvalue weighted by Gasteiger charge is -2.50. The van der Waals surface area contributed by atoms with Crippen LogP contribution in [0.25, 0.3) is 0 Å². The van der Waals surface area contributed by atoms with Gasteiger partial charge in [-0.3, -0.25) is 19.3 Å². The minimum Gasteiger partial charge on any atom is -0.508 e. The lowest BCUT2D eigenvalue weighted by Crippen LogP contribution is -2.64. The lowest BCUT2D eigenvalue weighted by atomic mass is 9.58. The van der Waals surface area contributed by atoms with Gasteiger partial charge in [0, 0.05) is 11.5 Å². The standard InChI is InChI=1S/C28H28N2O7/c1-30(2)22-17-12-16-11-15-9-6-10-18(31)19(15)23(32)20(16)25(33)28(17,36)26(34)21(27(29)35)24(22)37-13-14-7-4-3-5-8-14/h3-10,16-17,22,31,33,36H,11-13H2,1-2H3,(H2,29,35)/t16-,17-,22-,28-/m0/s1. The third kappa shape index (κ3) is 3.65. The summed E-state index contributed by atoms with van der Waals surface area (Å²) in [5, 5.41) is 33.6. The first-order chi connectivity index (χ1) is 17.6. The van der Waals surface area contributed by atoms with E-state index in [1.165, 1.54) is 6.07 Å². The van der Waals surface area contributed by atoms with E-state index < -0.39 is 52.3 Å². The molecule has 0 unspecified atom stereocenters. The molecule has 4 atom stereocenters. The molecule has 0 fully saturated rings. The van der Waals surface area contributed by atoms with Crippen molar-refractivity contribution in [3.8, 4) is 5.75 Å². The number of nitrogens with zero attached hydrogens (tertiary/aromatic N) is 1. The number of Topliss-reactive ketones (excluding diaryl/α,β-unsaturated/α-hetero) is 2. The number of aliphatic hydroxyl groups excluding tert-OH is 1. The van der Waals surface area contributed by atoms with Crippen molar-refractivity contribution < 1.29 is 34.4 Å². The van der Waals surface area contributed by atoms with Crippen molar-refractivity contribution in [2.75, 3.05) is 14.1 Å². The van der Waals surface area contributed by atoms with Gasteiger partial charge in [-0.25, -0.2) is 0 Å². The molecule has 0 aliphatic heterocycles. The predicted molar refractivity (Wildman–Crippen MR) is 132 cm³/mol.